The van der Waals surface area contributed by atoms with Crippen LogP contribution in [0, 0.1) is 11.3 Å². The largest absolute Gasteiger partial charge is 0.342 e. The van der Waals surface area contributed by atoms with Gasteiger partial charge in [0, 0.05) is 39.3 Å². The minimum Gasteiger partial charge on any atom is -0.342 e. The van der Waals surface area contributed by atoms with Crippen molar-refractivity contribution in [1.82, 2.24) is 14.7 Å². The van der Waals surface area contributed by atoms with E-state index in [1.54, 1.807) is 0 Å². The van der Waals surface area contributed by atoms with Gasteiger partial charge in [-0.25, -0.2) is 0 Å². The first-order chi connectivity index (χ1) is 8.79. The van der Waals surface area contributed by atoms with Crippen molar-refractivity contribution in [2.45, 2.75) is 19.3 Å². The normalized spacial score (nSPS) is 22.7. The van der Waals surface area contributed by atoms with E-state index in [1.807, 2.05) is 4.90 Å². The monoisotopic (exact) mass is 250 g/mol. The average molecular weight is 250 g/mol. The maximum Gasteiger partial charge on any atom is 0.236 e. The van der Waals surface area contributed by atoms with Crippen LogP contribution >= 0.6 is 0 Å². The molecule has 0 aromatic heterocycles. The lowest BCUT2D eigenvalue weighted by molar-refractivity contribution is -0.133. The number of hydrogen-bond acceptors (Lipinski definition) is 4. The fraction of sp³-hybridized carbons (Fsp3) is 0.846. The maximum absolute atomic E-state index is 12.1. The zero-order valence-corrected chi connectivity index (χ0v) is 11.0. The van der Waals surface area contributed by atoms with Gasteiger partial charge in [0.1, 0.15) is 0 Å². The molecule has 1 amide bonds. The molecule has 0 aromatic rings. The van der Waals surface area contributed by atoms with E-state index in [0.717, 1.165) is 52.1 Å². The van der Waals surface area contributed by atoms with Crippen LogP contribution in [-0.4, -0.2) is 73.0 Å². The molecular weight excluding hydrogens is 228 g/mol. The van der Waals surface area contributed by atoms with Gasteiger partial charge in [0.15, 0.2) is 0 Å². The van der Waals surface area contributed by atoms with Crippen LogP contribution in [0.3, 0.4) is 0 Å². The van der Waals surface area contributed by atoms with Gasteiger partial charge in [-0.05, 0) is 19.3 Å². The number of carbonyl (C=O) groups is 1. The van der Waals surface area contributed by atoms with E-state index in [1.165, 1.54) is 6.42 Å². The standard InChI is InChI=1S/C13H22N4O/c14-4-7-15-8-10-16(11-9-15)12-13(18)17-5-2-1-3-6-17/h1-3,5-12H2. The second kappa shape index (κ2) is 6.72. The van der Waals surface area contributed by atoms with Gasteiger partial charge >= 0.3 is 0 Å². The Kier molecular flexibility index (Phi) is 4.97. The zero-order chi connectivity index (χ0) is 12.8. The summed E-state index contributed by atoms with van der Waals surface area (Å²) in [5, 5.41) is 8.63. The highest BCUT2D eigenvalue weighted by atomic mass is 16.2. The molecular formula is C13H22N4O. The SMILES string of the molecule is N#CCN1CCN(CC(=O)N2CCCCC2)CC1. The minimum atomic E-state index is 0.281. The average Bonchev–Trinajstić information content (AvgIpc) is 2.42. The van der Waals surface area contributed by atoms with Crippen molar-refractivity contribution in [3.05, 3.63) is 0 Å². The summed E-state index contributed by atoms with van der Waals surface area (Å²) >= 11 is 0. The second-order valence-corrected chi connectivity index (χ2v) is 5.15. The molecule has 5 heteroatoms. The number of nitriles is 1. The molecule has 100 valence electrons. The van der Waals surface area contributed by atoms with E-state index in [4.69, 9.17) is 5.26 Å². The van der Waals surface area contributed by atoms with Crippen molar-refractivity contribution in [2.24, 2.45) is 0 Å². The van der Waals surface area contributed by atoms with Crippen molar-refractivity contribution >= 4 is 5.91 Å². The lowest BCUT2D eigenvalue weighted by Crippen LogP contribution is -2.50. The molecule has 0 N–H and O–H groups in total. The first kappa shape index (κ1) is 13.3. The van der Waals surface area contributed by atoms with E-state index in [2.05, 4.69) is 15.9 Å². The van der Waals surface area contributed by atoms with Gasteiger partial charge in [-0.15, -0.1) is 0 Å². The van der Waals surface area contributed by atoms with E-state index < -0.39 is 0 Å². The molecule has 2 aliphatic rings. The summed E-state index contributed by atoms with van der Waals surface area (Å²) < 4.78 is 0. The third kappa shape index (κ3) is 3.69. The maximum atomic E-state index is 12.1. The number of nitrogens with zero attached hydrogens (tertiary/aromatic N) is 4. The fourth-order valence-corrected chi connectivity index (χ4v) is 2.64. The van der Waals surface area contributed by atoms with Crippen molar-refractivity contribution in [3.63, 3.8) is 0 Å². The molecule has 2 heterocycles. The third-order valence-corrected chi connectivity index (χ3v) is 3.83. The van der Waals surface area contributed by atoms with Crippen LogP contribution < -0.4 is 0 Å². The predicted molar refractivity (Wildman–Crippen MR) is 68.9 cm³/mol. The summed E-state index contributed by atoms with van der Waals surface area (Å²) in [5.74, 6) is 0.281. The van der Waals surface area contributed by atoms with Crippen LogP contribution in [0.25, 0.3) is 0 Å². The van der Waals surface area contributed by atoms with Crippen LogP contribution in [0.5, 0.6) is 0 Å². The number of rotatable bonds is 3. The molecule has 0 aromatic carbocycles. The Morgan fingerprint density at radius 3 is 2.17 bits per heavy atom. The highest BCUT2D eigenvalue weighted by Gasteiger charge is 2.22. The third-order valence-electron chi connectivity index (χ3n) is 3.83. The van der Waals surface area contributed by atoms with Gasteiger partial charge in [-0.1, -0.05) is 0 Å². The Morgan fingerprint density at radius 1 is 0.944 bits per heavy atom. The molecule has 0 saturated carbocycles. The zero-order valence-electron chi connectivity index (χ0n) is 11.0. The molecule has 0 bridgehead atoms. The van der Waals surface area contributed by atoms with Crippen LogP contribution in [-0.2, 0) is 4.79 Å². The van der Waals surface area contributed by atoms with E-state index in [-0.39, 0.29) is 5.91 Å². The van der Waals surface area contributed by atoms with Gasteiger partial charge in [-0.2, -0.15) is 5.26 Å². The summed E-state index contributed by atoms with van der Waals surface area (Å²) in [5.41, 5.74) is 0. The summed E-state index contributed by atoms with van der Waals surface area (Å²) in [7, 11) is 0. The van der Waals surface area contributed by atoms with E-state index in [9.17, 15) is 4.79 Å². The summed E-state index contributed by atoms with van der Waals surface area (Å²) in [6.45, 7) is 6.55. The first-order valence-electron chi connectivity index (χ1n) is 6.89. The quantitative estimate of drug-likeness (QED) is 0.669. The Morgan fingerprint density at radius 2 is 1.56 bits per heavy atom. The number of carbonyl (C=O) groups excluding carboxylic acids is 1. The molecule has 5 nitrogen and oxygen atoms in total. The van der Waals surface area contributed by atoms with Gasteiger partial charge in [0.2, 0.25) is 5.91 Å². The number of piperidine rings is 1. The number of likely N-dealkylation sites (tertiary alicyclic amines) is 1. The smallest absolute Gasteiger partial charge is 0.236 e. The number of amides is 1. The number of hydrogen-bond donors (Lipinski definition) is 0. The highest BCUT2D eigenvalue weighted by molar-refractivity contribution is 5.78. The Labute approximate surface area is 109 Å². The molecule has 18 heavy (non-hydrogen) atoms. The van der Waals surface area contributed by atoms with Gasteiger partial charge in [0.25, 0.3) is 0 Å². The highest BCUT2D eigenvalue weighted by Crippen LogP contribution is 2.10. The molecule has 2 aliphatic heterocycles. The van der Waals surface area contributed by atoms with Crippen LogP contribution in [0.2, 0.25) is 0 Å². The molecule has 0 spiro atoms. The van der Waals surface area contributed by atoms with Crippen molar-refractivity contribution in [3.8, 4) is 6.07 Å². The predicted octanol–water partition coefficient (Wildman–Crippen LogP) is 0.140. The van der Waals surface area contributed by atoms with Crippen molar-refractivity contribution in [1.29, 1.82) is 5.26 Å². The van der Waals surface area contributed by atoms with Crippen molar-refractivity contribution < 1.29 is 4.79 Å². The topological polar surface area (TPSA) is 50.6 Å². The molecule has 2 saturated heterocycles. The Balaban J connectivity index is 1.70. The summed E-state index contributed by atoms with van der Waals surface area (Å²) in [6.07, 6.45) is 3.57. The summed E-state index contributed by atoms with van der Waals surface area (Å²) in [4.78, 5) is 18.5. The lowest BCUT2D eigenvalue weighted by atomic mass is 10.1. The van der Waals surface area contributed by atoms with Crippen molar-refractivity contribution in [2.75, 3.05) is 52.4 Å². The van der Waals surface area contributed by atoms with E-state index in [0.29, 0.717) is 13.1 Å². The fourth-order valence-electron chi connectivity index (χ4n) is 2.64. The molecule has 2 fully saturated rings. The lowest BCUT2D eigenvalue weighted by Gasteiger charge is -2.35. The minimum absolute atomic E-state index is 0.281. The summed E-state index contributed by atoms with van der Waals surface area (Å²) in [6, 6.07) is 2.18. The first-order valence-corrected chi connectivity index (χ1v) is 6.89. The molecule has 0 radical (unpaired) electrons. The van der Waals surface area contributed by atoms with Crippen LogP contribution in [0.1, 0.15) is 19.3 Å². The van der Waals surface area contributed by atoms with Gasteiger partial charge in [0.05, 0.1) is 19.2 Å². The van der Waals surface area contributed by atoms with Gasteiger partial charge < -0.3 is 4.90 Å². The number of piperazine rings is 1. The van der Waals surface area contributed by atoms with E-state index >= 15 is 0 Å². The van der Waals surface area contributed by atoms with Crippen LogP contribution in [0.4, 0.5) is 0 Å². The second-order valence-electron chi connectivity index (χ2n) is 5.15. The Bertz CT molecular complexity index is 311. The molecule has 0 unspecified atom stereocenters. The molecule has 0 aliphatic carbocycles. The Hall–Kier alpha value is -1.12. The van der Waals surface area contributed by atoms with Crippen LogP contribution in [0.15, 0.2) is 0 Å². The van der Waals surface area contributed by atoms with Gasteiger partial charge in [-0.3, -0.25) is 14.6 Å². The molecule has 2 rings (SSSR count). The molecule has 0 atom stereocenters.